The molecule has 5 heteroatoms. The van der Waals surface area contributed by atoms with Gasteiger partial charge in [0, 0.05) is 17.5 Å². The number of piperidine rings is 3. The molecule has 1 amide bonds. The number of carbonyl (C=O) groups is 1. The molecule has 2 aromatic carbocycles. The summed E-state index contributed by atoms with van der Waals surface area (Å²) < 4.78 is 12.1. The summed E-state index contributed by atoms with van der Waals surface area (Å²) in [6, 6.07) is 14.9. The van der Waals surface area contributed by atoms with Crippen LogP contribution in [-0.2, 0) is 4.74 Å². The minimum Gasteiger partial charge on any atom is -0.493 e. The molecule has 1 unspecified atom stereocenters. The molecule has 3 fully saturated rings. The topological polar surface area (TPSA) is 50.8 Å². The zero-order valence-electron chi connectivity index (χ0n) is 20.3. The van der Waals surface area contributed by atoms with Crippen molar-refractivity contribution in [2.24, 2.45) is 11.3 Å². The molecule has 2 atom stereocenters. The van der Waals surface area contributed by atoms with Gasteiger partial charge in [-0.15, -0.1) is 0 Å². The molecule has 2 aromatic rings. The summed E-state index contributed by atoms with van der Waals surface area (Å²) in [4.78, 5) is 15.4. The third-order valence-corrected chi connectivity index (χ3v) is 7.71. The zero-order chi connectivity index (χ0) is 23.2. The number of amides is 1. The fourth-order valence-corrected chi connectivity index (χ4v) is 5.53. The SMILES string of the molecule is CC(C)c1cccc(-c2ccc3c(c2)OCC(C)(C)C3NC(=O)O[C@H]2CN3CCC2CC3)c1. The standard InChI is InChI=1S/C28H36N2O3/c1-18(2)20-6-5-7-21(14-20)22-8-9-23-24(15-22)32-17-28(3,4)26(23)29-27(31)33-25-16-30-12-10-19(25)11-13-30/h5-9,14-15,18-19,25-26H,10-13,16-17H2,1-4H3,(H,29,31)/t25-,26?/m0/s1. The van der Waals surface area contributed by atoms with Crippen molar-refractivity contribution in [3.05, 3.63) is 53.6 Å². The van der Waals surface area contributed by atoms with Crippen LogP contribution < -0.4 is 10.1 Å². The van der Waals surface area contributed by atoms with Gasteiger partial charge in [0.25, 0.3) is 0 Å². The number of hydrogen-bond donors (Lipinski definition) is 1. The largest absolute Gasteiger partial charge is 0.493 e. The van der Waals surface area contributed by atoms with Crippen LogP contribution in [-0.4, -0.2) is 43.3 Å². The number of rotatable bonds is 4. The summed E-state index contributed by atoms with van der Waals surface area (Å²) >= 11 is 0. The lowest BCUT2D eigenvalue weighted by Gasteiger charge is -2.44. The Morgan fingerprint density at radius 3 is 2.58 bits per heavy atom. The second kappa shape index (κ2) is 8.68. The lowest BCUT2D eigenvalue weighted by Crippen LogP contribution is -2.53. The summed E-state index contributed by atoms with van der Waals surface area (Å²) in [5, 5.41) is 3.20. The lowest BCUT2D eigenvalue weighted by molar-refractivity contribution is -0.0361. The van der Waals surface area contributed by atoms with Gasteiger partial charge in [0.1, 0.15) is 11.9 Å². The van der Waals surface area contributed by atoms with E-state index in [0.29, 0.717) is 18.4 Å². The summed E-state index contributed by atoms with van der Waals surface area (Å²) in [6.07, 6.45) is 1.95. The van der Waals surface area contributed by atoms with Crippen LogP contribution in [0.15, 0.2) is 42.5 Å². The number of ether oxygens (including phenoxy) is 2. The summed E-state index contributed by atoms with van der Waals surface area (Å²) in [5.41, 5.74) is 4.41. The molecular weight excluding hydrogens is 412 g/mol. The first kappa shape index (κ1) is 22.3. The van der Waals surface area contributed by atoms with E-state index < -0.39 is 0 Å². The predicted molar refractivity (Wildman–Crippen MR) is 131 cm³/mol. The van der Waals surface area contributed by atoms with Crippen LogP contribution in [0.4, 0.5) is 4.79 Å². The summed E-state index contributed by atoms with van der Waals surface area (Å²) in [7, 11) is 0. The Kier molecular flexibility index (Phi) is 5.86. The maximum atomic E-state index is 13.0. The van der Waals surface area contributed by atoms with Crippen molar-refractivity contribution in [2.45, 2.75) is 58.6 Å². The van der Waals surface area contributed by atoms with E-state index in [2.05, 4.69) is 80.4 Å². The highest BCUT2D eigenvalue weighted by Gasteiger charge is 2.41. The lowest BCUT2D eigenvalue weighted by atomic mass is 9.78. The average molecular weight is 449 g/mol. The second-order valence-corrected chi connectivity index (χ2v) is 11.0. The number of hydrogen-bond acceptors (Lipinski definition) is 4. The van der Waals surface area contributed by atoms with Gasteiger partial charge in [-0.2, -0.15) is 0 Å². The van der Waals surface area contributed by atoms with Gasteiger partial charge in [-0.1, -0.05) is 64.1 Å². The van der Waals surface area contributed by atoms with Crippen LogP contribution in [0.25, 0.3) is 11.1 Å². The Bertz CT molecular complexity index is 1020. The first-order chi connectivity index (χ1) is 15.8. The van der Waals surface area contributed by atoms with Gasteiger partial charge in [0.2, 0.25) is 0 Å². The molecule has 3 saturated heterocycles. The maximum Gasteiger partial charge on any atom is 0.407 e. The highest BCUT2D eigenvalue weighted by atomic mass is 16.6. The van der Waals surface area contributed by atoms with Gasteiger partial charge < -0.3 is 14.8 Å². The highest BCUT2D eigenvalue weighted by molar-refractivity contribution is 5.70. The minimum absolute atomic E-state index is 0.00512. The van der Waals surface area contributed by atoms with Crippen molar-refractivity contribution in [2.75, 3.05) is 26.2 Å². The van der Waals surface area contributed by atoms with E-state index in [-0.39, 0.29) is 23.7 Å². The van der Waals surface area contributed by atoms with Gasteiger partial charge >= 0.3 is 6.09 Å². The number of fused-ring (bicyclic) bond motifs is 4. The molecule has 0 saturated carbocycles. The molecule has 4 aliphatic rings. The molecule has 5 nitrogen and oxygen atoms in total. The summed E-state index contributed by atoms with van der Waals surface area (Å²) in [6.45, 7) is 12.4. The molecule has 4 heterocycles. The molecule has 1 N–H and O–H groups in total. The van der Waals surface area contributed by atoms with Crippen molar-refractivity contribution in [1.82, 2.24) is 10.2 Å². The second-order valence-electron chi connectivity index (χ2n) is 11.0. The van der Waals surface area contributed by atoms with Gasteiger partial charge in [-0.05, 0) is 60.5 Å². The van der Waals surface area contributed by atoms with Crippen LogP contribution >= 0.6 is 0 Å². The molecule has 2 bridgehead atoms. The van der Waals surface area contributed by atoms with Crippen LogP contribution in [0, 0.1) is 11.3 Å². The fraction of sp³-hybridized carbons (Fsp3) is 0.536. The van der Waals surface area contributed by atoms with Crippen molar-refractivity contribution in [1.29, 1.82) is 0 Å². The first-order valence-corrected chi connectivity index (χ1v) is 12.4. The minimum atomic E-state index is -0.312. The number of nitrogens with one attached hydrogen (secondary N) is 1. The van der Waals surface area contributed by atoms with E-state index in [0.717, 1.165) is 49.4 Å². The van der Waals surface area contributed by atoms with Gasteiger partial charge in [-0.3, -0.25) is 4.90 Å². The maximum absolute atomic E-state index is 13.0. The monoisotopic (exact) mass is 448 g/mol. The normalized spacial score (nSPS) is 27.5. The van der Waals surface area contributed by atoms with Crippen molar-refractivity contribution in [3.8, 4) is 16.9 Å². The molecule has 4 aliphatic heterocycles. The van der Waals surface area contributed by atoms with E-state index in [1.54, 1.807) is 0 Å². The van der Waals surface area contributed by atoms with Crippen LogP contribution in [0.1, 0.15) is 63.6 Å². The number of nitrogens with zero attached hydrogens (tertiary/aromatic N) is 1. The first-order valence-electron chi connectivity index (χ1n) is 12.4. The van der Waals surface area contributed by atoms with Gasteiger partial charge in [0.05, 0.1) is 12.6 Å². The van der Waals surface area contributed by atoms with Crippen molar-refractivity contribution in [3.63, 3.8) is 0 Å². The quantitative estimate of drug-likeness (QED) is 0.646. The molecular formula is C28H36N2O3. The molecule has 0 aromatic heterocycles. The Morgan fingerprint density at radius 1 is 1.12 bits per heavy atom. The van der Waals surface area contributed by atoms with E-state index in [1.165, 1.54) is 11.1 Å². The Labute approximate surface area is 197 Å². The molecule has 176 valence electrons. The van der Waals surface area contributed by atoms with Crippen molar-refractivity contribution < 1.29 is 14.3 Å². The van der Waals surface area contributed by atoms with Gasteiger partial charge in [-0.25, -0.2) is 4.79 Å². The predicted octanol–water partition coefficient (Wildman–Crippen LogP) is 5.76. The van der Waals surface area contributed by atoms with E-state index in [9.17, 15) is 4.79 Å². The number of carbonyl (C=O) groups excluding carboxylic acids is 1. The number of alkyl carbamates (subject to hydrolysis) is 1. The third-order valence-electron chi connectivity index (χ3n) is 7.71. The summed E-state index contributed by atoms with van der Waals surface area (Å²) in [5.74, 6) is 1.82. The van der Waals surface area contributed by atoms with E-state index in [1.807, 2.05) is 0 Å². The highest BCUT2D eigenvalue weighted by Crippen LogP contribution is 2.44. The zero-order valence-corrected chi connectivity index (χ0v) is 20.3. The van der Waals surface area contributed by atoms with Crippen molar-refractivity contribution >= 4 is 6.09 Å². The van der Waals surface area contributed by atoms with E-state index in [4.69, 9.17) is 9.47 Å². The molecule has 0 aliphatic carbocycles. The Hall–Kier alpha value is -2.53. The van der Waals surface area contributed by atoms with Crippen LogP contribution in [0.3, 0.4) is 0 Å². The molecule has 0 spiro atoms. The molecule has 33 heavy (non-hydrogen) atoms. The average Bonchev–Trinajstić information content (AvgIpc) is 2.81. The van der Waals surface area contributed by atoms with Crippen LogP contribution in [0.5, 0.6) is 5.75 Å². The number of benzene rings is 2. The Morgan fingerprint density at radius 2 is 1.88 bits per heavy atom. The molecule has 0 radical (unpaired) electrons. The van der Waals surface area contributed by atoms with E-state index >= 15 is 0 Å². The van der Waals surface area contributed by atoms with Crippen LogP contribution in [0.2, 0.25) is 0 Å². The third kappa shape index (κ3) is 4.48. The van der Waals surface area contributed by atoms with Gasteiger partial charge in [0.15, 0.2) is 0 Å². The smallest absolute Gasteiger partial charge is 0.407 e. The molecule has 6 rings (SSSR count). The fourth-order valence-electron chi connectivity index (χ4n) is 5.53. The Balaban J connectivity index is 1.35.